The van der Waals surface area contributed by atoms with Gasteiger partial charge in [-0.2, -0.15) is 0 Å². The Kier molecular flexibility index (Phi) is 6.08. The molecule has 1 amide bonds. The lowest BCUT2D eigenvalue weighted by Crippen LogP contribution is -2.15. The second kappa shape index (κ2) is 8.68. The molecule has 0 saturated heterocycles. The van der Waals surface area contributed by atoms with E-state index < -0.39 is 5.82 Å². The molecule has 0 aliphatic heterocycles. The van der Waals surface area contributed by atoms with Crippen LogP contribution in [0.15, 0.2) is 52.1 Å². The van der Waals surface area contributed by atoms with Crippen LogP contribution in [0.2, 0.25) is 0 Å². The summed E-state index contributed by atoms with van der Waals surface area (Å²) in [6.45, 7) is 3.91. The maximum atomic E-state index is 13.3. The number of ether oxygens (including phenoxy) is 1. The fourth-order valence-corrected chi connectivity index (χ4v) is 2.83. The van der Waals surface area contributed by atoms with Crippen LogP contribution in [0.4, 0.5) is 10.1 Å². The molecule has 0 bridgehead atoms. The zero-order chi connectivity index (χ0) is 19.2. The summed E-state index contributed by atoms with van der Waals surface area (Å²) in [5, 5.41) is 10.7. The Morgan fingerprint density at radius 2 is 2.07 bits per heavy atom. The van der Waals surface area contributed by atoms with Crippen molar-refractivity contribution >= 4 is 23.4 Å². The van der Waals surface area contributed by atoms with Gasteiger partial charge in [-0.15, -0.1) is 10.2 Å². The van der Waals surface area contributed by atoms with E-state index in [1.165, 1.54) is 12.1 Å². The van der Waals surface area contributed by atoms with Gasteiger partial charge in [0.1, 0.15) is 11.6 Å². The van der Waals surface area contributed by atoms with Gasteiger partial charge < -0.3 is 14.5 Å². The van der Waals surface area contributed by atoms with E-state index in [0.29, 0.717) is 17.3 Å². The molecule has 2 aromatic carbocycles. The maximum absolute atomic E-state index is 13.3. The van der Waals surface area contributed by atoms with E-state index >= 15 is 0 Å². The number of nitrogens with zero attached hydrogens (tertiary/aromatic N) is 2. The number of carbonyl (C=O) groups excluding carboxylic acids is 1. The second-order valence-corrected chi connectivity index (χ2v) is 6.79. The van der Waals surface area contributed by atoms with E-state index in [0.717, 1.165) is 22.9 Å². The minimum absolute atomic E-state index is 0.0658. The number of aromatic nitrogens is 2. The van der Waals surface area contributed by atoms with E-state index in [-0.39, 0.29) is 23.5 Å². The Labute approximate surface area is 160 Å². The van der Waals surface area contributed by atoms with Gasteiger partial charge in [-0.3, -0.25) is 4.79 Å². The van der Waals surface area contributed by atoms with Crippen molar-refractivity contribution < 1.29 is 18.3 Å². The molecule has 0 spiro atoms. The van der Waals surface area contributed by atoms with Crippen molar-refractivity contribution in [2.75, 3.05) is 11.1 Å². The van der Waals surface area contributed by atoms with E-state index in [9.17, 15) is 9.18 Å². The average molecular weight is 387 g/mol. The largest absolute Gasteiger partial charge is 0.484 e. The molecule has 0 aliphatic carbocycles. The Morgan fingerprint density at radius 3 is 2.89 bits per heavy atom. The predicted octanol–water partition coefficient (Wildman–Crippen LogP) is 4.14. The Balaban J connectivity index is 1.49. The number of amides is 1. The fourth-order valence-electron chi connectivity index (χ4n) is 2.25. The summed E-state index contributed by atoms with van der Waals surface area (Å²) in [5.74, 6) is 0.409. The molecule has 0 unspecified atom stereocenters. The molecule has 0 radical (unpaired) electrons. The van der Waals surface area contributed by atoms with E-state index in [2.05, 4.69) is 15.5 Å². The SMILES string of the molecule is Cc1cccc(OCc2nnc(SCC(=O)Nc3cc(F)ccc3C)o2)c1. The molecule has 27 heavy (non-hydrogen) atoms. The third kappa shape index (κ3) is 5.55. The van der Waals surface area contributed by atoms with Crippen LogP contribution >= 0.6 is 11.8 Å². The minimum Gasteiger partial charge on any atom is -0.484 e. The molecular weight excluding hydrogens is 369 g/mol. The number of hydrogen-bond donors (Lipinski definition) is 1. The summed E-state index contributed by atoms with van der Waals surface area (Å²) in [6, 6.07) is 11.9. The number of nitrogens with one attached hydrogen (secondary N) is 1. The first kappa shape index (κ1) is 18.9. The molecule has 140 valence electrons. The van der Waals surface area contributed by atoms with Gasteiger partial charge in [0.25, 0.3) is 11.1 Å². The Morgan fingerprint density at radius 1 is 1.22 bits per heavy atom. The molecule has 0 aliphatic rings. The van der Waals surface area contributed by atoms with Gasteiger partial charge in [0, 0.05) is 5.69 Å². The summed E-state index contributed by atoms with van der Waals surface area (Å²) >= 11 is 1.10. The van der Waals surface area contributed by atoms with Crippen molar-refractivity contribution in [1.82, 2.24) is 10.2 Å². The highest BCUT2D eigenvalue weighted by Gasteiger charge is 2.11. The summed E-state index contributed by atoms with van der Waals surface area (Å²) < 4.78 is 24.3. The van der Waals surface area contributed by atoms with Crippen molar-refractivity contribution in [3.8, 4) is 5.75 Å². The van der Waals surface area contributed by atoms with Crippen LogP contribution in [0.25, 0.3) is 0 Å². The molecule has 3 aromatic rings. The van der Waals surface area contributed by atoms with Crippen molar-refractivity contribution in [2.45, 2.75) is 25.7 Å². The summed E-state index contributed by atoms with van der Waals surface area (Å²) in [4.78, 5) is 12.0. The number of halogens is 1. The van der Waals surface area contributed by atoms with Gasteiger partial charge in [-0.05, 0) is 49.2 Å². The fraction of sp³-hybridized carbons (Fsp3) is 0.211. The average Bonchev–Trinajstić information content (AvgIpc) is 3.09. The quantitative estimate of drug-likeness (QED) is 0.614. The molecular formula is C19H18FN3O3S. The van der Waals surface area contributed by atoms with Gasteiger partial charge in [0.15, 0.2) is 6.61 Å². The van der Waals surface area contributed by atoms with Crippen LogP contribution in [0.3, 0.4) is 0 Å². The van der Waals surface area contributed by atoms with Crippen molar-refractivity contribution in [1.29, 1.82) is 0 Å². The first-order valence-electron chi connectivity index (χ1n) is 8.20. The topological polar surface area (TPSA) is 77.2 Å². The smallest absolute Gasteiger partial charge is 0.277 e. The van der Waals surface area contributed by atoms with Crippen molar-refractivity contribution in [3.05, 3.63) is 65.3 Å². The first-order chi connectivity index (χ1) is 13.0. The lowest BCUT2D eigenvalue weighted by atomic mass is 10.2. The third-order valence-electron chi connectivity index (χ3n) is 3.60. The molecule has 6 nitrogen and oxygen atoms in total. The molecule has 0 atom stereocenters. The van der Waals surface area contributed by atoms with Crippen LogP contribution in [0.5, 0.6) is 5.75 Å². The number of carbonyl (C=O) groups is 1. The van der Waals surface area contributed by atoms with E-state index in [1.807, 2.05) is 31.2 Å². The monoisotopic (exact) mass is 387 g/mol. The van der Waals surface area contributed by atoms with E-state index in [4.69, 9.17) is 9.15 Å². The lowest BCUT2D eigenvalue weighted by Gasteiger charge is -2.07. The highest BCUT2D eigenvalue weighted by atomic mass is 32.2. The number of anilines is 1. The summed E-state index contributed by atoms with van der Waals surface area (Å²) in [7, 11) is 0. The third-order valence-corrected chi connectivity index (χ3v) is 4.42. The van der Waals surface area contributed by atoms with Crippen molar-refractivity contribution in [3.63, 3.8) is 0 Å². The Bertz CT molecular complexity index is 945. The van der Waals surface area contributed by atoms with Crippen LogP contribution in [0, 0.1) is 19.7 Å². The molecule has 8 heteroatoms. The van der Waals surface area contributed by atoms with Crippen LogP contribution in [-0.4, -0.2) is 21.9 Å². The molecule has 1 N–H and O–H groups in total. The first-order valence-corrected chi connectivity index (χ1v) is 9.19. The molecule has 0 saturated carbocycles. The number of aryl methyl sites for hydroxylation is 2. The minimum atomic E-state index is -0.404. The lowest BCUT2D eigenvalue weighted by molar-refractivity contribution is -0.113. The van der Waals surface area contributed by atoms with Gasteiger partial charge in [-0.1, -0.05) is 30.0 Å². The molecule has 1 aromatic heterocycles. The molecule has 0 fully saturated rings. The van der Waals surface area contributed by atoms with Gasteiger partial charge in [0.05, 0.1) is 5.75 Å². The number of hydrogen-bond acceptors (Lipinski definition) is 6. The van der Waals surface area contributed by atoms with Crippen LogP contribution < -0.4 is 10.1 Å². The zero-order valence-electron chi connectivity index (χ0n) is 14.9. The molecule has 3 rings (SSSR count). The summed E-state index contributed by atoms with van der Waals surface area (Å²) in [6.07, 6.45) is 0. The predicted molar refractivity (Wildman–Crippen MR) is 100 cm³/mol. The second-order valence-electron chi connectivity index (χ2n) is 5.86. The maximum Gasteiger partial charge on any atom is 0.277 e. The number of thioether (sulfide) groups is 1. The highest BCUT2D eigenvalue weighted by molar-refractivity contribution is 7.99. The number of benzene rings is 2. The van der Waals surface area contributed by atoms with Crippen LogP contribution in [-0.2, 0) is 11.4 Å². The van der Waals surface area contributed by atoms with Gasteiger partial charge in [0.2, 0.25) is 5.91 Å². The molecule has 1 heterocycles. The normalized spacial score (nSPS) is 10.6. The van der Waals surface area contributed by atoms with Crippen molar-refractivity contribution in [2.24, 2.45) is 0 Å². The summed E-state index contributed by atoms with van der Waals surface area (Å²) in [5.41, 5.74) is 2.32. The van der Waals surface area contributed by atoms with Gasteiger partial charge >= 0.3 is 0 Å². The standard InChI is InChI=1S/C19H18FN3O3S/c1-12-4-3-5-15(8-12)25-10-18-22-23-19(26-18)27-11-17(24)21-16-9-14(20)7-6-13(16)2/h3-9H,10-11H2,1-2H3,(H,21,24). The van der Waals surface area contributed by atoms with E-state index in [1.54, 1.807) is 13.0 Å². The van der Waals surface area contributed by atoms with Gasteiger partial charge in [-0.25, -0.2) is 4.39 Å². The zero-order valence-corrected chi connectivity index (χ0v) is 15.7. The number of rotatable bonds is 7. The van der Waals surface area contributed by atoms with Crippen LogP contribution in [0.1, 0.15) is 17.0 Å². The Hall–Kier alpha value is -2.87. The highest BCUT2D eigenvalue weighted by Crippen LogP contribution is 2.20.